The van der Waals surface area contributed by atoms with E-state index in [4.69, 9.17) is 9.47 Å². The SMILES string of the molecule is CCCCCCCCCCCCCCC(C)OC[C@H](CO)OCCCCC(=O)OC. The van der Waals surface area contributed by atoms with Crippen molar-refractivity contribution in [1.82, 2.24) is 0 Å². The van der Waals surface area contributed by atoms with Crippen molar-refractivity contribution < 1.29 is 24.1 Å². The highest BCUT2D eigenvalue weighted by molar-refractivity contribution is 5.68. The molecule has 0 rings (SSSR count). The van der Waals surface area contributed by atoms with E-state index in [9.17, 15) is 9.90 Å². The molecule has 1 unspecified atom stereocenters. The van der Waals surface area contributed by atoms with Crippen molar-refractivity contribution in [3.8, 4) is 0 Å². The molecule has 0 heterocycles. The predicted octanol–water partition coefficient (Wildman–Crippen LogP) is 6.20. The summed E-state index contributed by atoms with van der Waals surface area (Å²) < 4.78 is 16.1. The van der Waals surface area contributed by atoms with E-state index >= 15 is 0 Å². The number of rotatable bonds is 23. The zero-order valence-corrected chi connectivity index (χ0v) is 20.2. The number of aliphatic hydroxyl groups is 1. The molecule has 1 N–H and O–H groups in total. The van der Waals surface area contributed by atoms with Crippen molar-refractivity contribution in [2.45, 2.75) is 129 Å². The van der Waals surface area contributed by atoms with E-state index in [0.717, 1.165) is 19.3 Å². The minimum atomic E-state index is -0.285. The van der Waals surface area contributed by atoms with Gasteiger partial charge in [-0.05, 0) is 26.2 Å². The van der Waals surface area contributed by atoms with Gasteiger partial charge in [0, 0.05) is 13.0 Å². The van der Waals surface area contributed by atoms with Gasteiger partial charge >= 0.3 is 5.97 Å². The summed E-state index contributed by atoms with van der Waals surface area (Å²) in [6, 6.07) is 0. The number of unbranched alkanes of at least 4 members (excludes halogenated alkanes) is 12. The number of esters is 1. The molecule has 0 bridgehead atoms. The standard InChI is InChI=1S/C25H50O5/c1-4-5-6-7-8-9-10-11-12-13-14-15-18-23(2)30-22-24(21-26)29-20-17-16-19-25(27)28-3/h23-24,26H,4-22H2,1-3H3/t23?,24-/m0/s1. The number of hydrogen-bond acceptors (Lipinski definition) is 5. The Labute approximate surface area is 186 Å². The fourth-order valence-corrected chi connectivity index (χ4v) is 3.50. The third-order valence-corrected chi connectivity index (χ3v) is 5.59. The highest BCUT2D eigenvalue weighted by atomic mass is 16.5. The molecule has 0 radical (unpaired) electrons. The van der Waals surface area contributed by atoms with Crippen molar-refractivity contribution in [3.05, 3.63) is 0 Å². The summed E-state index contributed by atoms with van der Waals surface area (Å²) in [6.45, 7) is 5.28. The molecule has 180 valence electrons. The molecule has 0 amide bonds. The largest absolute Gasteiger partial charge is 0.469 e. The molecule has 0 saturated carbocycles. The van der Waals surface area contributed by atoms with E-state index in [1.54, 1.807) is 0 Å². The molecule has 0 aromatic carbocycles. The van der Waals surface area contributed by atoms with Gasteiger partial charge in [0.1, 0.15) is 6.10 Å². The molecule has 0 aromatic heterocycles. The van der Waals surface area contributed by atoms with Crippen LogP contribution in [0.15, 0.2) is 0 Å². The van der Waals surface area contributed by atoms with Gasteiger partial charge in [0.15, 0.2) is 0 Å². The van der Waals surface area contributed by atoms with Crippen LogP contribution in [0.2, 0.25) is 0 Å². The Morgan fingerprint density at radius 2 is 1.37 bits per heavy atom. The first-order chi connectivity index (χ1) is 14.6. The summed E-state index contributed by atoms with van der Waals surface area (Å²) in [5.74, 6) is -0.191. The van der Waals surface area contributed by atoms with Gasteiger partial charge in [0.25, 0.3) is 0 Å². The summed E-state index contributed by atoms with van der Waals surface area (Å²) in [5.41, 5.74) is 0. The normalized spacial score (nSPS) is 13.3. The molecule has 2 atom stereocenters. The Morgan fingerprint density at radius 1 is 0.800 bits per heavy atom. The minimum absolute atomic E-state index is 0.0394. The molecule has 0 aliphatic rings. The number of aliphatic hydroxyl groups excluding tert-OH is 1. The summed E-state index contributed by atoms with van der Waals surface area (Å²) in [4.78, 5) is 11.0. The van der Waals surface area contributed by atoms with Crippen molar-refractivity contribution in [3.63, 3.8) is 0 Å². The molecule has 5 heteroatoms. The van der Waals surface area contributed by atoms with Gasteiger partial charge in [-0.15, -0.1) is 0 Å². The molecular formula is C25H50O5. The van der Waals surface area contributed by atoms with Gasteiger partial charge < -0.3 is 19.3 Å². The Morgan fingerprint density at radius 3 is 1.90 bits per heavy atom. The van der Waals surface area contributed by atoms with Crippen molar-refractivity contribution in [2.75, 3.05) is 26.9 Å². The zero-order chi connectivity index (χ0) is 22.3. The van der Waals surface area contributed by atoms with E-state index in [-0.39, 0.29) is 24.8 Å². The van der Waals surface area contributed by atoms with Crippen LogP contribution in [-0.4, -0.2) is 50.2 Å². The molecular weight excluding hydrogens is 380 g/mol. The monoisotopic (exact) mass is 430 g/mol. The van der Waals surface area contributed by atoms with E-state index in [1.807, 2.05) is 0 Å². The number of ether oxygens (including phenoxy) is 3. The summed E-state index contributed by atoms with van der Waals surface area (Å²) in [6.07, 6.45) is 19.3. The van der Waals surface area contributed by atoms with Crippen LogP contribution in [0.5, 0.6) is 0 Å². The van der Waals surface area contributed by atoms with Crippen LogP contribution >= 0.6 is 0 Å². The van der Waals surface area contributed by atoms with Gasteiger partial charge in [-0.2, -0.15) is 0 Å². The quantitative estimate of drug-likeness (QED) is 0.154. The van der Waals surface area contributed by atoms with Gasteiger partial charge in [-0.3, -0.25) is 4.79 Å². The lowest BCUT2D eigenvalue weighted by Gasteiger charge is -2.19. The highest BCUT2D eigenvalue weighted by Gasteiger charge is 2.11. The molecule has 0 aliphatic carbocycles. The van der Waals surface area contributed by atoms with Gasteiger partial charge in [0.05, 0.1) is 26.4 Å². The van der Waals surface area contributed by atoms with Gasteiger partial charge in [0.2, 0.25) is 0 Å². The van der Waals surface area contributed by atoms with Crippen LogP contribution < -0.4 is 0 Å². The second-order valence-corrected chi connectivity index (χ2v) is 8.53. The molecule has 30 heavy (non-hydrogen) atoms. The van der Waals surface area contributed by atoms with Gasteiger partial charge in [-0.25, -0.2) is 0 Å². The molecule has 5 nitrogen and oxygen atoms in total. The summed E-state index contributed by atoms with van der Waals surface area (Å²) >= 11 is 0. The predicted molar refractivity (Wildman–Crippen MR) is 124 cm³/mol. The van der Waals surface area contributed by atoms with Crippen molar-refractivity contribution >= 4 is 5.97 Å². The lowest BCUT2D eigenvalue weighted by molar-refractivity contribution is -0.140. The van der Waals surface area contributed by atoms with Crippen LogP contribution in [-0.2, 0) is 19.0 Å². The van der Waals surface area contributed by atoms with Crippen LogP contribution in [0.3, 0.4) is 0 Å². The average molecular weight is 431 g/mol. The lowest BCUT2D eigenvalue weighted by Crippen LogP contribution is -2.27. The lowest BCUT2D eigenvalue weighted by atomic mass is 10.0. The van der Waals surface area contributed by atoms with E-state index in [1.165, 1.54) is 84.2 Å². The van der Waals surface area contributed by atoms with Crippen LogP contribution in [0.25, 0.3) is 0 Å². The van der Waals surface area contributed by atoms with E-state index in [0.29, 0.717) is 19.6 Å². The van der Waals surface area contributed by atoms with Crippen molar-refractivity contribution in [2.24, 2.45) is 0 Å². The molecule has 0 fully saturated rings. The first-order valence-corrected chi connectivity index (χ1v) is 12.5. The van der Waals surface area contributed by atoms with Crippen molar-refractivity contribution in [1.29, 1.82) is 0 Å². The second-order valence-electron chi connectivity index (χ2n) is 8.53. The van der Waals surface area contributed by atoms with Crippen LogP contribution in [0.4, 0.5) is 0 Å². The Bertz CT molecular complexity index is 361. The summed E-state index contributed by atoms with van der Waals surface area (Å²) in [7, 11) is 1.40. The fraction of sp³-hybridized carbons (Fsp3) is 0.960. The molecule has 0 aromatic rings. The maximum Gasteiger partial charge on any atom is 0.305 e. The highest BCUT2D eigenvalue weighted by Crippen LogP contribution is 2.14. The zero-order valence-electron chi connectivity index (χ0n) is 20.2. The second kappa shape index (κ2) is 23.0. The van der Waals surface area contributed by atoms with Crippen LogP contribution in [0.1, 0.15) is 117 Å². The number of carbonyl (C=O) groups excluding carboxylic acids is 1. The average Bonchev–Trinajstić information content (AvgIpc) is 2.76. The Hall–Kier alpha value is -0.650. The summed E-state index contributed by atoms with van der Waals surface area (Å²) in [5, 5.41) is 9.43. The Balaban J connectivity index is 3.45. The molecule has 0 saturated heterocycles. The Kier molecular flexibility index (Phi) is 22.5. The smallest absolute Gasteiger partial charge is 0.305 e. The molecule has 0 aliphatic heterocycles. The number of hydrogen-bond donors (Lipinski definition) is 1. The topological polar surface area (TPSA) is 65.0 Å². The van der Waals surface area contributed by atoms with Crippen LogP contribution in [0, 0.1) is 0 Å². The first kappa shape index (κ1) is 29.4. The number of methoxy groups -OCH3 is 1. The third-order valence-electron chi connectivity index (χ3n) is 5.59. The maximum atomic E-state index is 11.0. The maximum absolute atomic E-state index is 11.0. The molecule has 0 spiro atoms. The number of carbonyl (C=O) groups is 1. The van der Waals surface area contributed by atoms with E-state index in [2.05, 4.69) is 18.6 Å². The van der Waals surface area contributed by atoms with E-state index < -0.39 is 0 Å². The fourth-order valence-electron chi connectivity index (χ4n) is 3.50. The first-order valence-electron chi connectivity index (χ1n) is 12.5. The minimum Gasteiger partial charge on any atom is -0.469 e. The van der Waals surface area contributed by atoms with Gasteiger partial charge in [-0.1, -0.05) is 84.0 Å². The third kappa shape index (κ3) is 20.6.